The maximum absolute atomic E-state index is 13.1. The van der Waals surface area contributed by atoms with E-state index in [1.165, 1.54) is 19.2 Å². The summed E-state index contributed by atoms with van der Waals surface area (Å²) < 4.78 is 18.0. The molecule has 0 spiro atoms. The minimum atomic E-state index is -0.531. The second kappa shape index (κ2) is 3.90. The van der Waals surface area contributed by atoms with Crippen molar-refractivity contribution < 1.29 is 9.13 Å². The fourth-order valence-corrected chi connectivity index (χ4v) is 1.15. The van der Waals surface area contributed by atoms with Gasteiger partial charge in [-0.05, 0) is 18.1 Å². The molecule has 1 aromatic rings. The van der Waals surface area contributed by atoms with E-state index in [1.54, 1.807) is 6.07 Å². The SMILES string of the molecule is CCc1cc(C#N)c(F)cc1OC. The Labute approximate surface area is 76.6 Å². The molecule has 0 bridgehead atoms. The minimum Gasteiger partial charge on any atom is -0.496 e. The van der Waals surface area contributed by atoms with Crippen LogP contribution in [0, 0.1) is 17.1 Å². The highest BCUT2D eigenvalue weighted by molar-refractivity contribution is 5.43. The maximum Gasteiger partial charge on any atom is 0.144 e. The summed E-state index contributed by atoms with van der Waals surface area (Å²) in [4.78, 5) is 0. The zero-order valence-electron chi connectivity index (χ0n) is 7.60. The number of hydrogen-bond donors (Lipinski definition) is 0. The van der Waals surface area contributed by atoms with Crippen molar-refractivity contribution in [1.82, 2.24) is 0 Å². The average molecular weight is 179 g/mol. The van der Waals surface area contributed by atoms with Crippen molar-refractivity contribution in [1.29, 1.82) is 5.26 Å². The molecule has 1 rings (SSSR count). The van der Waals surface area contributed by atoms with Crippen LogP contribution in [-0.4, -0.2) is 7.11 Å². The molecular weight excluding hydrogens is 169 g/mol. The first kappa shape index (κ1) is 9.53. The number of benzene rings is 1. The summed E-state index contributed by atoms with van der Waals surface area (Å²) in [7, 11) is 1.49. The van der Waals surface area contributed by atoms with E-state index >= 15 is 0 Å². The average Bonchev–Trinajstić information content (AvgIpc) is 2.17. The van der Waals surface area contributed by atoms with E-state index < -0.39 is 5.82 Å². The minimum absolute atomic E-state index is 0.0673. The lowest BCUT2D eigenvalue weighted by atomic mass is 10.1. The van der Waals surface area contributed by atoms with Crippen LogP contribution in [0.25, 0.3) is 0 Å². The van der Waals surface area contributed by atoms with Crippen molar-refractivity contribution >= 4 is 0 Å². The number of halogens is 1. The molecule has 0 aliphatic rings. The smallest absolute Gasteiger partial charge is 0.144 e. The van der Waals surface area contributed by atoms with Gasteiger partial charge in [0.25, 0.3) is 0 Å². The third kappa shape index (κ3) is 1.78. The molecule has 0 aromatic heterocycles. The Hall–Kier alpha value is -1.56. The molecule has 2 nitrogen and oxygen atoms in total. The molecule has 0 saturated carbocycles. The van der Waals surface area contributed by atoms with Gasteiger partial charge in [0.1, 0.15) is 17.6 Å². The van der Waals surface area contributed by atoms with Crippen molar-refractivity contribution in [3.8, 4) is 11.8 Å². The van der Waals surface area contributed by atoms with Crippen LogP contribution in [0.15, 0.2) is 12.1 Å². The highest BCUT2D eigenvalue weighted by Gasteiger charge is 2.08. The molecule has 0 atom stereocenters. The maximum atomic E-state index is 13.1. The van der Waals surface area contributed by atoms with Gasteiger partial charge < -0.3 is 4.74 Å². The van der Waals surface area contributed by atoms with Crippen LogP contribution < -0.4 is 4.74 Å². The molecular formula is C10H10FNO. The predicted octanol–water partition coefficient (Wildman–Crippen LogP) is 2.27. The largest absolute Gasteiger partial charge is 0.496 e. The number of ether oxygens (including phenoxy) is 1. The van der Waals surface area contributed by atoms with Gasteiger partial charge in [-0.3, -0.25) is 0 Å². The molecule has 3 heteroatoms. The van der Waals surface area contributed by atoms with Gasteiger partial charge in [-0.1, -0.05) is 6.92 Å². The summed E-state index contributed by atoms with van der Waals surface area (Å²) in [6.45, 7) is 1.93. The van der Waals surface area contributed by atoms with Gasteiger partial charge >= 0.3 is 0 Å². The van der Waals surface area contributed by atoms with E-state index in [9.17, 15) is 4.39 Å². The van der Waals surface area contributed by atoms with Crippen LogP contribution in [0.1, 0.15) is 18.1 Å². The highest BCUT2D eigenvalue weighted by atomic mass is 19.1. The highest BCUT2D eigenvalue weighted by Crippen LogP contribution is 2.22. The van der Waals surface area contributed by atoms with Crippen molar-refractivity contribution in [3.63, 3.8) is 0 Å². The molecule has 0 aliphatic heterocycles. The first-order chi connectivity index (χ1) is 6.22. The lowest BCUT2D eigenvalue weighted by molar-refractivity contribution is 0.406. The number of aryl methyl sites for hydroxylation is 1. The van der Waals surface area contributed by atoms with E-state index in [0.29, 0.717) is 5.75 Å². The molecule has 0 saturated heterocycles. The first-order valence-electron chi connectivity index (χ1n) is 3.99. The summed E-state index contributed by atoms with van der Waals surface area (Å²) in [6.07, 6.45) is 0.720. The first-order valence-corrected chi connectivity index (χ1v) is 3.99. The van der Waals surface area contributed by atoms with Crippen molar-refractivity contribution in [2.45, 2.75) is 13.3 Å². The van der Waals surface area contributed by atoms with Gasteiger partial charge in [-0.15, -0.1) is 0 Å². The Kier molecular flexibility index (Phi) is 2.86. The normalized spacial score (nSPS) is 9.38. The van der Waals surface area contributed by atoms with Gasteiger partial charge in [0.15, 0.2) is 0 Å². The quantitative estimate of drug-likeness (QED) is 0.697. The van der Waals surface area contributed by atoms with E-state index in [4.69, 9.17) is 10.00 Å². The molecule has 0 N–H and O–H groups in total. The lowest BCUT2D eigenvalue weighted by Crippen LogP contribution is -1.94. The van der Waals surface area contributed by atoms with Crippen molar-refractivity contribution in [2.24, 2.45) is 0 Å². The number of nitriles is 1. The molecule has 1 aromatic carbocycles. The lowest BCUT2D eigenvalue weighted by Gasteiger charge is -2.06. The van der Waals surface area contributed by atoms with Crippen LogP contribution in [0.2, 0.25) is 0 Å². The second-order valence-electron chi connectivity index (χ2n) is 2.61. The predicted molar refractivity (Wildman–Crippen MR) is 47.0 cm³/mol. The van der Waals surface area contributed by atoms with E-state index in [0.717, 1.165) is 12.0 Å². The number of hydrogen-bond acceptors (Lipinski definition) is 2. The molecule has 13 heavy (non-hydrogen) atoms. The monoisotopic (exact) mass is 179 g/mol. The summed E-state index contributed by atoms with van der Waals surface area (Å²) in [6, 6.07) is 4.56. The Morgan fingerprint density at radius 1 is 1.54 bits per heavy atom. The number of rotatable bonds is 2. The molecule has 0 aliphatic carbocycles. The summed E-state index contributed by atoms with van der Waals surface area (Å²) >= 11 is 0. The van der Waals surface area contributed by atoms with E-state index in [-0.39, 0.29) is 5.56 Å². The molecule has 0 heterocycles. The zero-order valence-corrected chi connectivity index (χ0v) is 7.60. The molecule has 0 amide bonds. The molecule has 0 unspecified atom stereocenters. The topological polar surface area (TPSA) is 33.0 Å². The number of nitrogens with zero attached hydrogens (tertiary/aromatic N) is 1. The van der Waals surface area contributed by atoms with Crippen molar-refractivity contribution in [3.05, 3.63) is 29.1 Å². The Balaban J connectivity index is 3.28. The van der Waals surface area contributed by atoms with Gasteiger partial charge in [0.2, 0.25) is 0 Å². The summed E-state index contributed by atoms with van der Waals surface area (Å²) in [5.74, 6) is -0.0319. The van der Waals surface area contributed by atoms with Crippen LogP contribution >= 0.6 is 0 Å². The van der Waals surface area contributed by atoms with Gasteiger partial charge in [0, 0.05) is 6.07 Å². The van der Waals surface area contributed by atoms with E-state index in [2.05, 4.69) is 0 Å². The molecule has 68 valence electrons. The summed E-state index contributed by atoms with van der Waals surface area (Å²) in [5.41, 5.74) is 0.915. The fourth-order valence-electron chi connectivity index (χ4n) is 1.15. The van der Waals surface area contributed by atoms with Crippen molar-refractivity contribution in [2.75, 3.05) is 7.11 Å². The fraction of sp³-hybridized carbons (Fsp3) is 0.300. The Bertz CT molecular complexity index is 355. The van der Waals surface area contributed by atoms with Gasteiger partial charge in [-0.2, -0.15) is 5.26 Å². The molecule has 0 fully saturated rings. The van der Waals surface area contributed by atoms with Crippen LogP contribution in [0.4, 0.5) is 4.39 Å². The van der Waals surface area contributed by atoms with Crippen LogP contribution in [0.3, 0.4) is 0 Å². The Morgan fingerprint density at radius 3 is 2.69 bits per heavy atom. The van der Waals surface area contributed by atoms with Crippen LogP contribution in [-0.2, 0) is 6.42 Å². The van der Waals surface area contributed by atoms with Gasteiger partial charge in [-0.25, -0.2) is 4.39 Å². The number of methoxy groups -OCH3 is 1. The zero-order chi connectivity index (χ0) is 9.84. The second-order valence-corrected chi connectivity index (χ2v) is 2.61. The van der Waals surface area contributed by atoms with Gasteiger partial charge in [0.05, 0.1) is 12.7 Å². The van der Waals surface area contributed by atoms with E-state index in [1.807, 2.05) is 6.92 Å². The summed E-state index contributed by atoms with van der Waals surface area (Å²) in [5, 5.41) is 8.57. The van der Waals surface area contributed by atoms with Crippen LogP contribution in [0.5, 0.6) is 5.75 Å². The third-order valence-corrected chi connectivity index (χ3v) is 1.87. The standard InChI is InChI=1S/C10H10FNO/c1-3-7-4-8(6-12)9(11)5-10(7)13-2/h4-5H,3H2,1-2H3. The molecule has 0 radical (unpaired) electrons. The third-order valence-electron chi connectivity index (χ3n) is 1.87. The Morgan fingerprint density at radius 2 is 2.23 bits per heavy atom.